The van der Waals surface area contributed by atoms with E-state index in [9.17, 15) is 24.9 Å². The number of rotatable bonds is 25. The number of carbonyl (C=O) groups is 3. The first kappa shape index (κ1) is 58.4. The first-order valence-electron chi connectivity index (χ1n) is 29.1. The summed E-state index contributed by atoms with van der Waals surface area (Å²) >= 11 is 0. The average molecular weight is 1140 g/mol. The number of aliphatic hydroxyl groups is 3. The molecule has 1 aromatic heterocycles. The minimum absolute atomic E-state index is 0.0491. The van der Waals surface area contributed by atoms with Crippen LogP contribution in [0.4, 0.5) is 32.5 Å². The topological polar surface area (TPSA) is 204 Å². The molecule has 5 N–H and O–H groups in total. The fraction of sp³-hybridized carbons (Fsp3) is 0.444. The van der Waals surface area contributed by atoms with E-state index in [1.54, 1.807) is 38.7 Å². The van der Waals surface area contributed by atoms with Crippen LogP contribution in [-0.2, 0) is 50.7 Å². The number of nitrogens with zero attached hydrogens (tertiary/aromatic N) is 6. The number of aryl methyl sites for hydroxylation is 1. The van der Waals surface area contributed by atoms with E-state index in [0.29, 0.717) is 111 Å². The molecule has 434 valence electrons. The molecule has 3 unspecified atom stereocenters. The SMILES string of the molecule is CCOc1ccc2c(c1)CC(NCCCCO)C(=O)N2c1ccc(CN2C(=O)[C@]3(O[C@H](CCn4cc(C(CO)c5ccccc5)nn4)[C@@H]([Si](C)(C)F)[C@@H]3C)c3cc(N4C(=O)C(NCCCCO)Cc5cc(OCC)ccc54)ccc32)cc1. The molecule has 82 heavy (non-hydrogen) atoms. The summed E-state index contributed by atoms with van der Waals surface area (Å²) in [6.07, 6.45) is 4.91. The molecular weight excluding hydrogens is 1060 g/mol. The van der Waals surface area contributed by atoms with Crippen molar-refractivity contribution in [2.75, 3.05) is 60.8 Å². The minimum atomic E-state index is -3.64. The molecule has 5 aromatic carbocycles. The van der Waals surface area contributed by atoms with Gasteiger partial charge in [0.05, 0.1) is 73.2 Å². The Labute approximate surface area is 480 Å². The van der Waals surface area contributed by atoms with Crippen LogP contribution in [0.25, 0.3) is 0 Å². The van der Waals surface area contributed by atoms with Gasteiger partial charge in [-0.15, -0.1) is 5.10 Å². The Bertz CT molecular complexity index is 3220. The number of aromatic nitrogens is 3. The number of benzene rings is 5. The number of nitrogens with one attached hydrogen (secondary N) is 2. The molecule has 4 aliphatic heterocycles. The minimum Gasteiger partial charge on any atom is -0.494 e. The van der Waals surface area contributed by atoms with Crippen molar-refractivity contribution in [1.29, 1.82) is 0 Å². The summed E-state index contributed by atoms with van der Waals surface area (Å²) in [4.78, 5) is 50.5. The van der Waals surface area contributed by atoms with Crippen molar-refractivity contribution in [3.8, 4) is 11.5 Å². The highest BCUT2D eigenvalue weighted by Crippen LogP contribution is 2.61. The maximum atomic E-state index is 17.3. The van der Waals surface area contributed by atoms with E-state index < -0.39 is 43.7 Å². The number of halogens is 1. The van der Waals surface area contributed by atoms with Crippen LogP contribution in [-0.4, -0.2) is 121 Å². The second-order valence-electron chi connectivity index (χ2n) is 22.4. The van der Waals surface area contributed by atoms with E-state index >= 15 is 8.90 Å². The number of amides is 3. The van der Waals surface area contributed by atoms with Crippen molar-refractivity contribution in [1.82, 2.24) is 25.6 Å². The van der Waals surface area contributed by atoms with Crippen LogP contribution < -0.4 is 34.8 Å². The van der Waals surface area contributed by atoms with Gasteiger partial charge in [-0.05, 0) is 174 Å². The van der Waals surface area contributed by atoms with Crippen LogP contribution in [0, 0.1) is 5.92 Å². The van der Waals surface area contributed by atoms with Gasteiger partial charge in [-0.25, -0.2) is 0 Å². The van der Waals surface area contributed by atoms with Crippen molar-refractivity contribution >= 4 is 54.6 Å². The van der Waals surface area contributed by atoms with Crippen LogP contribution in [0.3, 0.4) is 0 Å². The quantitative estimate of drug-likeness (QED) is 0.0208. The lowest BCUT2D eigenvalue weighted by Gasteiger charge is -2.36. The maximum absolute atomic E-state index is 17.3. The number of fused-ring (bicyclic) bond motifs is 4. The molecule has 7 atom stereocenters. The van der Waals surface area contributed by atoms with Gasteiger partial charge in [-0.3, -0.25) is 28.9 Å². The normalized spacial score (nSPS) is 21.7. The molecule has 17 nitrogen and oxygen atoms in total. The van der Waals surface area contributed by atoms with Crippen molar-refractivity contribution < 1.29 is 48.0 Å². The molecule has 0 radical (unpaired) electrons. The fourth-order valence-corrected chi connectivity index (χ4v) is 15.4. The van der Waals surface area contributed by atoms with Gasteiger partial charge in [0.1, 0.15) is 11.5 Å². The average Bonchev–Trinajstić information content (AvgIpc) is 2.25. The second kappa shape index (κ2) is 25.3. The molecule has 10 rings (SSSR count). The number of hydrogen-bond acceptors (Lipinski definition) is 13. The highest BCUT2D eigenvalue weighted by atomic mass is 28.4. The summed E-state index contributed by atoms with van der Waals surface area (Å²) in [6, 6.07) is 33.2. The molecule has 0 bridgehead atoms. The van der Waals surface area contributed by atoms with Crippen LogP contribution in [0.2, 0.25) is 18.6 Å². The molecule has 1 saturated heterocycles. The van der Waals surface area contributed by atoms with E-state index in [0.717, 1.165) is 40.1 Å². The number of carbonyl (C=O) groups excluding carboxylic acids is 3. The van der Waals surface area contributed by atoms with Crippen molar-refractivity contribution in [3.05, 3.63) is 149 Å². The third kappa shape index (κ3) is 11.6. The first-order valence-corrected chi connectivity index (χ1v) is 32.0. The molecule has 19 heteroatoms. The Morgan fingerprint density at radius 1 is 0.744 bits per heavy atom. The van der Waals surface area contributed by atoms with Crippen molar-refractivity contribution in [3.63, 3.8) is 0 Å². The van der Waals surface area contributed by atoms with Gasteiger partial charge < -0.3 is 49.2 Å². The van der Waals surface area contributed by atoms with Crippen LogP contribution in [0.1, 0.15) is 92.3 Å². The Kier molecular flexibility index (Phi) is 18.0. The molecule has 1 spiro atoms. The Balaban J connectivity index is 1.01. The number of aliphatic hydroxyl groups excluding tert-OH is 3. The first-order chi connectivity index (χ1) is 39.7. The molecule has 6 aromatic rings. The lowest BCUT2D eigenvalue weighted by atomic mass is 9.82. The largest absolute Gasteiger partial charge is 0.494 e. The second-order valence-corrected chi connectivity index (χ2v) is 26.2. The Morgan fingerprint density at radius 3 is 1.88 bits per heavy atom. The maximum Gasteiger partial charge on any atom is 0.264 e. The summed E-state index contributed by atoms with van der Waals surface area (Å²) in [5.41, 5.74) is 5.55. The Hall–Kier alpha value is -6.84. The van der Waals surface area contributed by atoms with Gasteiger partial charge in [0, 0.05) is 54.4 Å². The van der Waals surface area contributed by atoms with Crippen LogP contribution in [0.5, 0.6) is 11.5 Å². The third-order valence-electron chi connectivity index (χ3n) is 16.7. The van der Waals surface area contributed by atoms with Gasteiger partial charge in [0.2, 0.25) is 20.2 Å². The van der Waals surface area contributed by atoms with Gasteiger partial charge in [-0.2, -0.15) is 0 Å². The summed E-state index contributed by atoms with van der Waals surface area (Å²) in [7, 11) is -3.64. The van der Waals surface area contributed by atoms with E-state index in [1.165, 1.54) is 0 Å². The number of unbranched alkanes of at least 4 members (excludes halogenated alkanes) is 2. The van der Waals surface area contributed by atoms with Crippen molar-refractivity contribution in [2.24, 2.45) is 5.92 Å². The standard InChI is InChI=1S/C63H77FN8O9Si/c1-6-79-48-22-25-55-44(33-48)35-52(65-28-11-13-31-73)60(76)71(55)46-19-17-42(18-20-46)38-70-57-24-21-47(72-56-26-23-49(80-7-2)34-45(56)36-53(61(72)77)66-29-12-14-32-74)37-51(57)63(62(70)78)41(3)59(82(4,5)64)58(81-63)27-30-69-39-54(67-68-69)50(40-75)43-15-9-8-10-16-43/h8-10,15-26,33-34,37,39,41,50,52-53,58-59,65-66,73-75H,6-7,11-14,27-32,35-36,38,40H2,1-5H3/t41-,50?,52?,53?,58+,59-,63+/m0/s1. The highest BCUT2D eigenvalue weighted by Gasteiger charge is 2.67. The fourth-order valence-electron chi connectivity index (χ4n) is 12.9. The van der Waals surface area contributed by atoms with Gasteiger partial charge >= 0.3 is 0 Å². The monoisotopic (exact) mass is 1140 g/mol. The number of ether oxygens (including phenoxy) is 3. The van der Waals surface area contributed by atoms with E-state index in [4.69, 9.17) is 14.2 Å². The molecule has 3 amide bonds. The highest BCUT2D eigenvalue weighted by molar-refractivity contribution is 6.72. The molecule has 0 aliphatic carbocycles. The number of anilines is 5. The predicted octanol–water partition coefficient (Wildman–Crippen LogP) is 8.51. The smallest absolute Gasteiger partial charge is 0.264 e. The van der Waals surface area contributed by atoms with Gasteiger partial charge in [-0.1, -0.05) is 54.6 Å². The predicted molar refractivity (Wildman–Crippen MR) is 315 cm³/mol. The molecular formula is C63H77FN8O9Si. The zero-order chi connectivity index (χ0) is 57.7. The summed E-state index contributed by atoms with van der Waals surface area (Å²) in [6.45, 7) is 11.6. The Morgan fingerprint density at radius 2 is 1.32 bits per heavy atom. The van der Waals surface area contributed by atoms with Gasteiger partial charge in [0.25, 0.3) is 5.91 Å². The molecule has 0 saturated carbocycles. The molecule has 1 fully saturated rings. The van der Waals surface area contributed by atoms with Crippen LogP contribution in [0.15, 0.2) is 115 Å². The number of hydrogen-bond donors (Lipinski definition) is 5. The van der Waals surface area contributed by atoms with Crippen LogP contribution >= 0.6 is 0 Å². The lowest BCUT2D eigenvalue weighted by Crippen LogP contribution is -2.49. The van der Waals surface area contributed by atoms with E-state index in [1.807, 2.05) is 130 Å². The summed E-state index contributed by atoms with van der Waals surface area (Å²) < 4.78 is 38.1. The van der Waals surface area contributed by atoms with E-state index in [2.05, 4.69) is 20.9 Å². The lowest BCUT2D eigenvalue weighted by molar-refractivity contribution is -0.146. The van der Waals surface area contributed by atoms with Crippen molar-refractivity contribution in [2.45, 2.75) is 127 Å². The molecule has 5 heterocycles. The van der Waals surface area contributed by atoms with E-state index in [-0.39, 0.29) is 50.0 Å². The summed E-state index contributed by atoms with van der Waals surface area (Å²) in [5.74, 6) is -0.268. The zero-order valence-electron chi connectivity index (χ0n) is 47.6. The molecule has 4 aliphatic rings. The van der Waals surface area contributed by atoms with Gasteiger partial charge in [0.15, 0.2) is 5.60 Å². The third-order valence-corrected chi connectivity index (χ3v) is 19.2. The zero-order valence-corrected chi connectivity index (χ0v) is 48.6. The summed E-state index contributed by atoms with van der Waals surface area (Å²) in [5, 5.41) is 45.2.